The number of nitrogens with zero attached hydrogens (tertiary/aromatic N) is 1. The lowest BCUT2D eigenvalue weighted by molar-refractivity contribution is -0.142. The Morgan fingerprint density at radius 3 is 1.71 bits per heavy atom. The summed E-state index contributed by atoms with van der Waals surface area (Å²) in [5, 5.41) is 0. The molecule has 17 heavy (non-hydrogen) atoms. The predicted octanol–water partition coefficient (Wildman–Crippen LogP) is -1.98. The fourth-order valence-electron chi connectivity index (χ4n) is 1.48. The lowest BCUT2D eigenvalue weighted by atomic mass is 9.94. The van der Waals surface area contributed by atoms with E-state index in [0.29, 0.717) is 0 Å². The molecule has 7 heteroatoms. The second kappa shape index (κ2) is 6.85. The largest absolute Gasteiger partial charge is 0.368 e. The number of carbonyl (C=O) groups excluding carboxylic acids is 3. The Morgan fingerprint density at radius 2 is 1.47 bits per heavy atom. The molecule has 1 atom stereocenters. The molecule has 1 unspecified atom stereocenters. The molecule has 0 aliphatic carbocycles. The van der Waals surface area contributed by atoms with E-state index < -0.39 is 17.7 Å². The molecule has 0 aliphatic heterocycles. The van der Waals surface area contributed by atoms with E-state index in [2.05, 4.69) is 0 Å². The van der Waals surface area contributed by atoms with Gasteiger partial charge in [-0.15, -0.1) is 0 Å². The molecule has 0 saturated heterocycles. The van der Waals surface area contributed by atoms with Crippen LogP contribution in [0.25, 0.3) is 0 Å². The van der Waals surface area contributed by atoms with Crippen LogP contribution in [0.1, 0.15) is 13.8 Å². The Morgan fingerprint density at radius 1 is 1.06 bits per heavy atom. The van der Waals surface area contributed by atoms with E-state index in [-0.39, 0.29) is 31.5 Å². The van der Waals surface area contributed by atoms with E-state index in [1.165, 1.54) is 0 Å². The minimum Gasteiger partial charge on any atom is -0.368 e. The number of carbonyl (C=O) groups is 3. The van der Waals surface area contributed by atoms with Crippen molar-refractivity contribution in [3.8, 4) is 0 Å². The van der Waals surface area contributed by atoms with Gasteiger partial charge in [-0.05, 0) is 5.92 Å². The van der Waals surface area contributed by atoms with Crippen LogP contribution in [0, 0.1) is 11.8 Å². The average Bonchev–Trinajstić information content (AvgIpc) is 2.15. The molecule has 98 valence electrons. The van der Waals surface area contributed by atoms with Gasteiger partial charge in [0.15, 0.2) is 0 Å². The molecule has 0 bridgehead atoms. The van der Waals surface area contributed by atoms with Crippen molar-refractivity contribution in [1.29, 1.82) is 0 Å². The maximum absolute atomic E-state index is 12.0. The van der Waals surface area contributed by atoms with Crippen LogP contribution in [0.5, 0.6) is 0 Å². The molecule has 0 rings (SSSR count). The molecule has 0 aliphatic rings. The molecule has 0 radical (unpaired) electrons. The SMILES string of the molecule is CC(C)C(CN)C(=O)N(CC(N)=O)CC(N)=O. The van der Waals surface area contributed by atoms with Crippen LogP contribution < -0.4 is 17.2 Å². The summed E-state index contributed by atoms with van der Waals surface area (Å²) in [7, 11) is 0. The molecule has 0 saturated carbocycles. The molecule has 0 fully saturated rings. The summed E-state index contributed by atoms with van der Waals surface area (Å²) in [4.78, 5) is 34.7. The van der Waals surface area contributed by atoms with Gasteiger partial charge in [-0.25, -0.2) is 0 Å². The van der Waals surface area contributed by atoms with E-state index in [1.807, 2.05) is 13.8 Å². The van der Waals surface area contributed by atoms with Crippen LogP contribution in [-0.4, -0.2) is 42.3 Å². The third-order valence-electron chi connectivity index (χ3n) is 2.38. The summed E-state index contributed by atoms with van der Waals surface area (Å²) in [5.74, 6) is -2.21. The number of hydrogen-bond donors (Lipinski definition) is 3. The van der Waals surface area contributed by atoms with Crippen molar-refractivity contribution in [1.82, 2.24) is 4.90 Å². The predicted molar refractivity (Wildman–Crippen MR) is 62.4 cm³/mol. The van der Waals surface area contributed by atoms with Crippen molar-refractivity contribution in [3.63, 3.8) is 0 Å². The number of nitrogens with two attached hydrogens (primary N) is 3. The van der Waals surface area contributed by atoms with Crippen molar-refractivity contribution < 1.29 is 14.4 Å². The van der Waals surface area contributed by atoms with E-state index in [9.17, 15) is 14.4 Å². The van der Waals surface area contributed by atoms with Crippen LogP contribution in [-0.2, 0) is 14.4 Å². The average molecular weight is 244 g/mol. The highest BCUT2D eigenvalue weighted by molar-refractivity contribution is 5.89. The Bertz CT molecular complexity index is 288. The molecular formula is C10H20N4O3. The quantitative estimate of drug-likeness (QED) is 0.478. The number of hydrogen-bond acceptors (Lipinski definition) is 4. The summed E-state index contributed by atoms with van der Waals surface area (Å²) in [6, 6.07) is 0. The molecule has 0 aromatic rings. The van der Waals surface area contributed by atoms with Gasteiger partial charge in [-0.1, -0.05) is 13.8 Å². The zero-order valence-corrected chi connectivity index (χ0v) is 10.2. The fraction of sp³-hybridized carbons (Fsp3) is 0.700. The highest BCUT2D eigenvalue weighted by Crippen LogP contribution is 2.12. The van der Waals surface area contributed by atoms with Crippen molar-refractivity contribution in [2.75, 3.05) is 19.6 Å². The van der Waals surface area contributed by atoms with Crippen LogP contribution in [0.2, 0.25) is 0 Å². The highest BCUT2D eigenvalue weighted by Gasteiger charge is 2.27. The molecular weight excluding hydrogens is 224 g/mol. The number of amides is 3. The monoisotopic (exact) mass is 244 g/mol. The molecule has 6 N–H and O–H groups in total. The maximum atomic E-state index is 12.0. The molecule has 0 spiro atoms. The minimum atomic E-state index is -0.695. The van der Waals surface area contributed by atoms with Crippen LogP contribution >= 0.6 is 0 Å². The Kier molecular flexibility index (Phi) is 6.19. The van der Waals surface area contributed by atoms with Gasteiger partial charge in [0, 0.05) is 6.54 Å². The van der Waals surface area contributed by atoms with E-state index in [1.54, 1.807) is 0 Å². The van der Waals surface area contributed by atoms with Gasteiger partial charge in [0.25, 0.3) is 0 Å². The number of primary amides is 2. The molecule has 0 heterocycles. The van der Waals surface area contributed by atoms with Gasteiger partial charge in [-0.2, -0.15) is 0 Å². The van der Waals surface area contributed by atoms with E-state index >= 15 is 0 Å². The fourth-order valence-corrected chi connectivity index (χ4v) is 1.48. The Hall–Kier alpha value is -1.63. The summed E-state index contributed by atoms with van der Waals surface area (Å²) in [6.45, 7) is 3.16. The second-order valence-corrected chi connectivity index (χ2v) is 4.21. The first-order chi connectivity index (χ1) is 7.79. The first-order valence-corrected chi connectivity index (χ1v) is 5.35. The summed E-state index contributed by atoms with van der Waals surface area (Å²) in [6.07, 6.45) is 0. The topological polar surface area (TPSA) is 133 Å². The zero-order chi connectivity index (χ0) is 13.6. The standard InChI is InChI=1S/C10H20N4O3/c1-6(2)7(3-11)10(17)14(4-8(12)15)5-9(13)16/h6-7H,3-5,11H2,1-2H3,(H2,12,15)(H2,13,16). The molecule has 3 amide bonds. The van der Waals surface area contributed by atoms with E-state index in [0.717, 1.165) is 4.90 Å². The Labute approximate surface area is 100 Å². The molecule has 0 aromatic heterocycles. The van der Waals surface area contributed by atoms with Gasteiger partial charge >= 0.3 is 0 Å². The smallest absolute Gasteiger partial charge is 0.237 e. The normalized spacial score (nSPS) is 12.2. The maximum Gasteiger partial charge on any atom is 0.237 e. The van der Waals surface area contributed by atoms with Gasteiger partial charge < -0.3 is 22.1 Å². The zero-order valence-electron chi connectivity index (χ0n) is 10.2. The van der Waals surface area contributed by atoms with Gasteiger partial charge in [0.2, 0.25) is 17.7 Å². The summed E-state index contributed by atoms with van der Waals surface area (Å²) < 4.78 is 0. The third-order valence-corrected chi connectivity index (χ3v) is 2.38. The van der Waals surface area contributed by atoms with Crippen molar-refractivity contribution in [2.45, 2.75) is 13.8 Å². The third kappa shape index (κ3) is 5.30. The van der Waals surface area contributed by atoms with Gasteiger partial charge in [-0.3, -0.25) is 14.4 Å². The van der Waals surface area contributed by atoms with Gasteiger partial charge in [0.1, 0.15) is 0 Å². The Balaban J connectivity index is 4.82. The number of rotatable bonds is 7. The molecule has 7 nitrogen and oxygen atoms in total. The van der Waals surface area contributed by atoms with Crippen LogP contribution in [0.4, 0.5) is 0 Å². The first kappa shape index (κ1) is 15.4. The van der Waals surface area contributed by atoms with Crippen molar-refractivity contribution in [2.24, 2.45) is 29.0 Å². The highest BCUT2D eigenvalue weighted by atomic mass is 16.2. The first-order valence-electron chi connectivity index (χ1n) is 5.35. The summed E-state index contributed by atoms with van der Waals surface area (Å²) in [5.41, 5.74) is 15.5. The summed E-state index contributed by atoms with van der Waals surface area (Å²) >= 11 is 0. The van der Waals surface area contributed by atoms with Crippen LogP contribution in [0.15, 0.2) is 0 Å². The minimum absolute atomic E-state index is 0.00996. The lowest BCUT2D eigenvalue weighted by Gasteiger charge is -2.26. The van der Waals surface area contributed by atoms with Crippen molar-refractivity contribution >= 4 is 17.7 Å². The van der Waals surface area contributed by atoms with Crippen LogP contribution in [0.3, 0.4) is 0 Å². The van der Waals surface area contributed by atoms with Gasteiger partial charge in [0.05, 0.1) is 19.0 Å². The molecule has 0 aromatic carbocycles. The van der Waals surface area contributed by atoms with Crippen molar-refractivity contribution in [3.05, 3.63) is 0 Å². The second-order valence-electron chi connectivity index (χ2n) is 4.21. The van der Waals surface area contributed by atoms with E-state index in [4.69, 9.17) is 17.2 Å². The lowest BCUT2D eigenvalue weighted by Crippen LogP contribution is -2.48.